The Morgan fingerprint density at radius 2 is 1.76 bits per heavy atom. The molecule has 0 spiro atoms. The van der Waals surface area contributed by atoms with Crippen molar-refractivity contribution in [2.75, 3.05) is 0 Å². The highest BCUT2D eigenvalue weighted by molar-refractivity contribution is 6.55. The van der Waals surface area contributed by atoms with Gasteiger partial charge >= 0.3 is 13.7 Å². The van der Waals surface area contributed by atoms with E-state index in [4.69, 9.17) is 9.31 Å². The van der Waals surface area contributed by atoms with Crippen LogP contribution in [0.2, 0.25) is 0 Å². The summed E-state index contributed by atoms with van der Waals surface area (Å²) in [6.45, 7) is 5.96. The van der Waals surface area contributed by atoms with E-state index >= 15 is 0 Å². The molecule has 2 rings (SSSR count). The van der Waals surface area contributed by atoms with Crippen molar-refractivity contribution in [2.45, 2.75) is 52.4 Å². The number of alkyl halides is 2. The number of hydrogen-bond acceptors (Lipinski definition) is 3. The highest BCUT2D eigenvalue weighted by Crippen LogP contribution is 2.40. The van der Waals surface area contributed by atoms with Crippen LogP contribution < -0.4 is 0 Å². The van der Waals surface area contributed by atoms with Crippen LogP contribution in [0.15, 0.2) is 18.1 Å². The summed E-state index contributed by atoms with van der Waals surface area (Å²) in [5.41, 5.74) is -1.53. The number of nitrogens with zero attached hydrogens (tertiary/aromatic N) is 2. The number of allylic oxidation sites excluding steroid dienone is 1. The minimum Gasteiger partial charge on any atom is -0.398 e. The third-order valence-corrected chi connectivity index (χ3v) is 4.05. The van der Waals surface area contributed by atoms with E-state index in [1.54, 1.807) is 0 Å². The topological polar surface area (TPSA) is 36.3 Å². The maximum absolute atomic E-state index is 14.5. The van der Waals surface area contributed by atoms with E-state index < -0.39 is 30.6 Å². The monoisotopic (exact) mass is 302 g/mol. The third-order valence-electron chi connectivity index (χ3n) is 4.05. The molecule has 4 nitrogen and oxygen atoms in total. The highest BCUT2D eigenvalue weighted by Gasteiger charge is 2.53. The first-order valence-corrected chi connectivity index (χ1v) is 6.60. The zero-order chi connectivity index (χ0) is 16.0. The molecule has 21 heavy (non-hydrogen) atoms. The van der Waals surface area contributed by atoms with Crippen LogP contribution in [0.25, 0.3) is 5.57 Å². The van der Waals surface area contributed by atoms with Gasteiger partial charge in [-0.1, -0.05) is 0 Å². The van der Waals surface area contributed by atoms with Crippen LogP contribution in [0.1, 0.15) is 46.7 Å². The molecule has 1 aliphatic rings. The van der Waals surface area contributed by atoms with Gasteiger partial charge in [-0.15, -0.1) is 0 Å². The molecule has 1 aromatic heterocycles. The predicted molar refractivity (Wildman–Crippen MR) is 73.3 cm³/mol. The standard InChI is InChI=1S/C13H18BF3N2O2/c1-8(9-6-18-19(7-9)11(16)17)10(15)14-20-12(2,3)13(4,5)21-14/h6-7,11H,1-5H3. The van der Waals surface area contributed by atoms with E-state index in [0.29, 0.717) is 4.68 Å². The lowest BCUT2D eigenvalue weighted by Gasteiger charge is -2.32. The van der Waals surface area contributed by atoms with Crippen LogP contribution in [0.4, 0.5) is 13.2 Å². The summed E-state index contributed by atoms with van der Waals surface area (Å²) in [7, 11) is -1.15. The average Bonchev–Trinajstić information content (AvgIpc) is 2.91. The largest absolute Gasteiger partial charge is 0.525 e. The van der Waals surface area contributed by atoms with Crippen LogP contribution in [0.3, 0.4) is 0 Å². The molecule has 116 valence electrons. The van der Waals surface area contributed by atoms with Crippen LogP contribution in [-0.4, -0.2) is 28.1 Å². The second kappa shape index (κ2) is 5.17. The zero-order valence-corrected chi connectivity index (χ0v) is 12.7. The quantitative estimate of drug-likeness (QED) is 0.800. The molecule has 0 amide bonds. The second-order valence-electron chi connectivity index (χ2n) is 6.05. The van der Waals surface area contributed by atoms with Crippen molar-refractivity contribution in [3.05, 3.63) is 23.7 Å². The van der Waals surface area contributed by atoms with Crippen LogP contribution in [0, 0.1) is 0 Å². The molecular formula is C13H18BF3N2O2. The van der Waals surface area contributed by atoms with E-state index in [9.17, 15) is 13.2 Å². The van der Waals surface area contributed by atoms with Crippen molar-refractivity contribution < 1.29 is 22.5 Å². The molecule has 0 radical (unpaired) electrons. The fraction of sp³-hybridized carbons (Fsp3) is 0.615. The fourth-order valence-corrected chi connectivity index (χ4v) is 1.90. The summed E-state index contributed by atoms with van der Waals surface area (Å²) in [5.74, 6) is 0. The fourth-order valence-electron chi connectivity index (χ4n) is 1.90. The van der Waals surface area contributed by atoms with Gasteiger partial charge in [0.1, 0.15) is 5.73 Å². The van der Waals surface area contributed by atoms with Crippen molar-refractivity contribution in [1.82, 2.24) is 9.78 Å². The number of aromatic nitrogens is 2. The highest BCUT2D eigenvalue weighted by atomic mass is 19.3. The van der Waals surface area contributed by atoms with Gasteiger partial charge in [-0.25, -0.2) is 9.07 Å². The molecule has 0 bridgehead atoms. The SMILES string of the molecule is CC(=C(F)B1OC(C)(C)C(C)(C)O1)c1cnn(C(F)F)c1. The Morgan fingerprint density at radius 3 is 2.19 bits per heavy atom. The van der Waals surface area contributed by atoms with Crippen molar-refractivity contribution in [2.24, 2.45) is 0 Å². The van der Waals surface area contributed by atoms with E-state index in [1.807, 2.05) is 27.7 Å². The lowest BCUT2D eigenvalue weighted by Crippen LogP contribution is -2.41. The Hall–Kier alpha value is -1.28. The van der Waals surface area contributed by atoms with Gasteiger partial charge in [0.15, 0.2) is 0 Å². The van der Waals surface area contributed by atoms with Crippen LogP contribution in [0.5, 0.6) is 0 Å². The number of halogens is 3. The predicted octanol–water partition coefficient (Wildman–Crippen LogP) is 3.61. The molecule has 1 saturated heterocycles. The summed E-state index contributed by atoms with van der Waals surface area (Å²) in [4.78, 5) is 0. The molecular weight excluding hydrogens is 284 g/mol. The molecule has 1 fully saturated rings. The third kappa shape index (κ3) is 2.87. The normalized spacial score (nSPS) is 21.9. The minimum absolute atomic E-state index is 0.167. The van der Waals surface area contributed by atoms with Gasteiger partial charge in [-0.05, 0) is 40.2 Å². The summed E-state index contributed by atoms with van der Waals surface area (Å²) >= 11 is 0. The van der Waals surface area contributed by atoms with Crippen molar-refractivity contribution >= 4 is 12.7 Å². The van der Waals surface area contributed by atoms with Crippen molar-refractivity contribution in [1.29, 1.82) is 0 Å². The van der Waals surface area contributed by atoms with Gasteiger partial charge in [0.05, 0.1) is 17.4 Å². The van der Waals surface area contributed by atoms with E-state index in [2.05, 4.69) is 5.10 Å². The second-order valence-corrected chi connectivity index (χ2v) is 6.05. The van der Waals surface area contributed by atoms with E-state index in [1.165, 1.54) is 13.1 Å². The molecule has 1 aromatic rings. The maximum Gasteiger partial charge on any atom is 0.525 e. The Bertz CT molecular complexity index is 554. The number of hydrogen-bond donors (Lipinski definition) is 0. The Kier molecular flexibility index (Phi) is 3.97. The first kappa shape index (κ1) is 16.1. The molecule has 1 aliphatic heterocycles. The molecule has 0 saturated carbocycles. The van der Waals surface area contributed by atoms with Gasteiger partial charge < -0.3 is 9.31 Å². The van der Waals surface area contributed by atoms with Crippen LogP contribution in [-0.2, 0) is 9.31 Å². The van der Waals surface area contributed by atoms with Crippen molar-refractivity contribution in [3.63, 3.8) is 0 Å². The first-order chi connectivity index (χ1) is 9.55. The van der Waals surface area contributed by atoms with E-state index in [0.717, 1.165) is 6.20 Å². The van der Waals surface area contributed by atoms with Gasteiger partial charge in [0.25, 0.3) is 0 Å². The van der Waals surface area contributed by atoms with Gasteiger partial charge in [0.2, 0.25) is 0 Å². The number of rotatable bonds is 3. The lowest BCUT2D eigenvalue weighted by atomic mass is 9.84. The summed E-state index contributed by atoms with van der Waals surface area (Å²) in [6.07, 6.45) is 2.27. The Labute approximate surface area is 122 Å². The van der Waals surface area contributed by atoms with Crippen molar-refractivity contribution in [3.8, 4) is 0 Å². The summed E-state index contributed by atoms with van der Waals surface area (Å²) in [5, 5.41) is 3.49. The van der Waals surface area contributed by atoms with E-state index in [-0.39, 0.29) is 11.1 Å². The average molecular weight is 302 g/mol. The molecule has 0 aromatic carbocycles. The smallest absolute Gasteiger partial charge is 0.398 e. The summed E-state index contributed by atoms with van der Waals surface area (Å²) in [6, 6.07) is 0. The Balaban J connectivity index is 2.27. The lowest BCUT2D eigenvalue weighted by molar-refractivity contribution is 0.00578. The molecule has 2 heterocycles. The van der Waals surface area contributed by atoms with Crippen LogP contribution >= 0.6 is 0 Å². The molecule has 0 atom stereocenters. The summed E-state index contributed by atoms with van der Waals surface area (Å²) < 4.78 is 51.1. The molecule has 0 N–H and O–H groups in total. The Morgan fingerprint density at radius 1 is 1.24 bits per heavy atom. The van der Waals surface area contributed by atoms with Gasteiger partial charge in [0, 0.05) is 11.8 Å². The van der Waals surface area contributed by atoms with Gasteiger partial charge in [-0.3, -0.25) is 0 Å². The first-order valence-electron chi connectivity index (χ1n) is 6.60. The zero-order valence-electron chi connectivity index (χ0n) is 12.7. The molecule has 0 unspecified atom stereocenters. The van der Waals surface area contributed by atoms with Gasteiger partial charge in [-0.2, -0.15) is 13.9 Å². The minimum atomic E-state index is -2.76. The maximum atomic E-state index is 14.5. The molecule has 0 aliphatic carbocycles. The molecule has 8 heteroatoms.